The molecule has 1 saturated heterocycles. The molecule has 2 aliphatic rings. The Hall–Kier alpha value is -0.900. The molecule has 3 heteroatoms. The molecule has 0 spiro atoms. The van der Waals surface area contributed by atoms with E-state index in [0.717, 1.165) is 26.2 Å². The molecule has 1 atom stereocenters. The maximum absolute atomic E-state index is 3.66. The van der Waals surface area contributed by atoms with Gasteiger partial charge >= 0.3 is 0 Å². The van der Waals surface area contributed by atoms with Crippen molar-refractivity contribution in [3.05, 3.63) is 34.9 Å². The minimum Gasteiger partial charge on any atom is -0.314 e. The summed E-state index contributed by atoms with van der Waals surface area (Å²) in [6.45, 7) is 9.14. The lowest BCUT2D eigenvalue weighted by Crippen LogP contribution is -2.42. The van der Waals surface area contributed by atoms with E-state index in [-0.39, 0.29) is 0 Å². The monoisotopic (exact) mass is 273 g/mol. The van der Waals surface area contributed by atoms with Gasteiger partial charge < -0.3 is 10.6 Å². The minimum atomic E-state index is 0.581. The molecule has 2 aliphatic heterocycles. The first-order valence-electron chi connectivity index (χ1n) is 8.15. The van der Waals surface area contributed by atoms with Crippen molar-refractivity contribution >= 4 is 0 Å². The van der Waals surface area contributed by atoms with Crippen LogP contribution in [0.3, 0.4) is 0 Å². The fourth-order valence-corrected chi connectivity index (χ4v) is 3.48. The summed E-state index contributed by atoms with van der Waals surface area (Å²) in [5.74, 6) is 0. The molecule has 0 aromatic heterocycles. The summed E-state index contributed by atoms with van der Waals surface area (Å²) in [5.41, 5.74) is 4.61. The summed E-state index contributed by atoms with van der Waals surface area (Å²) in [6.07, 6.45) is 3.69. The van der Waals surface area contributed by atoms with Gasteiger partial charge in [0.1, 0.15) is 0 Å². The van der Waals surface area contributed by atoms with E-state index in [0.29, 0.717) is 6.04 Å². The first-order chi connectivity index (χ1) is 9.86. The fraction of sp³-hybridized carbons (Fsp3) is 0.647. The molecule has 20 heavy (non-hydrogen) atoms. The van der Waals surface area contributed by atoms with Crippen molar-refractivity contribution < 1.29 is 0 Å². The first kappa shape index (κ1) is 14.1. The van der Waals surface area contributed by atoms with Crippen LogP contribution in [-0.2, 0) is 13.0 Å². The van der Waals surface area contributed by atoms with E-state index in [2.05, 4.69) is 40.7 Å². The molecule has 3 nitrogen and oxygen atoms in total. The molecular formula is C17H27N3. The van der Waals surface area contributed by atoms with Crippen molar-refractivity contribution in [3.8, 4) is 0 Å². The molecule has 0 amide bonds. The average Bonchev–Trinajstić information content (AvgIpc) is 2.49. The zero-order valence-corrected chi connectivity index (χ0v) is 12.6. The molecular weight excluding hydrogens is 246 g/mol. The SMILES string of the molecule is CCCC1NCCc2cc(CN3CCNCC3)ccc21. The Morgan fingerprint density at radius 2 is 2.05 bits per heavy atom. The van der Waals surface area contributed by atoms with Crippen LogP contribution < -0.4 is 10.6 Å². The predicted octanol–water partition coefficient (Wildman–Crippen LogP) is 2.08. The molecule has 2 heterocycles. The summed E-state index contributed by atoms with van der Waals surface area (Å²) < 4.78 is 0. The van der Waals surface area contributed by atoms with Gasteiger partial charge in [-0.05, 0) is 36.1 Å². The Morgan fingerprint density at radius 1 is 1.20 bits per heavy atom. The molecule has 0 bridgehead atoms. The lowest BCUT2D eigenvalue weighted by atomic mass is 9.90. The lowest BCUT2D eigenvalue weighted by Gasteiger charge is -2.29. The normalized spacial score (nSPS) is 23.6. The van der Waals surface area contributed by atoms with Crippen LogP contribution in [0.25, 0.3) is 0 Å². The highest BCUT2D eigenvalue weighted by Crippen LogP contribution is 2.27. The summed E-state index contributed by atoms with van der Waals surface area (Å²) >= 11 is 0. The molecule has 3 rings (SSSR count). The van der Waals surface area contributed by atoms with Crippen molar-refractivity contribution in [3.63, 3.8) is 0 Å². The van der Waals surface area contributed by atoms with Crippen molar-refractivity contribution in [1.29, 1.82) is 0 Å². The Morgan fingerprint density at radius 3 is 2.85 bits per heavy atom. The second-order valence-electron chi connectivity index (χ2n) is 6.10. The van der Waals surface area contributed by atoms with Gasteiger partial charge in [-0.15, -0.1) is 0 Å². The van der Waals surface area contributed by atoms with Crippen LogP contribution in [-0.4, -0.2) is 37.6 Å². The van der Waals surface area contributed by atoms with Crippen LogP contribution in [0.1, 0.15) is 42.5 Å². The average molecular weight is 273 g/mol. The summed E-state index contributed by atoms with van der Waals surface area (Å²) in [5, 5.41) is 7.08. The van der Waals surface area contributed by atoms with Crippen LogP contribution in [0.4, 0.5) is 0 Å². The van der Waals surface area contributed by atoms with E-state index in [1.54, 1.807) is 11.1 Å². The van der Waals surface area contributed by atoms with Crippen LogP contribution in [0.5, 0.6) is 0 Å². The van der Waals surface area contributed by atoms with E-state index < -0.39 is 0 Å². The van der Waals surface area contributed by atoms with Crippen LogP contribution in [0.2, 0.25) is 0 Å². The van der Waals surface area contributed by atoms with Gasteiger partial charge in [-0.3, -0.25) is 4.90 Å². The third-order valence-corrected chi connectivity index (χ3v) is 4.56. The number of nitrogens with zero attached hydrogens (tertiary/aromatic N) is 1. The second kappa shape index (κ2) is 6.70. The van der Waals surface area contributed by atoms with Gasteiger partial charge in [0.25, 0.3) is 0 Å². The second-order valence-corrected chi connectivity index (χ2v) is 6.10. The van der Waals surface area contributed by atoms with E-state index >= 15 is 0 Å². The van der Waals surface area contributed by atoms with Crippen LogP contribution >= 0.6 is 0 Å². The van der Waals surface area contributed by atoms with Gasteiger partial charge in [0, 0.05) is 38.8 Å². The fourth-order valence-electron chi connectivity index (χ4n) is 3.48. The topological polar surface area (TPSA) is 27.3 Å². The smallest absolute Gasteiger partial charge is 0.0323 e. The highest BCUT2D eigenvalue weighted by atomic mass is 15.2. The van der Waals surface area contributed by atoms with Crippen LogP contribution in [0.15, 0.2) is 18.2 Å². The molecule has 1 aromatic carbocycles. The molecule has 110 valence electrons. The number of piperazine rings is 1. The molecule has 1 fully saturated rings. The largest absolute Gasteiger partial charge is 0.314 e. The van der Waals surface area contributed by atoms with E-state index in [4.69, 9.17) is 0 Å². The Balaban J connectivity index is 1.71. The van der Waals surface area contributed by atoms with Gasteiger partial charge in [-0.1, -0.05) is 31.5 Å². The maximum atomic E-state index is 3.66. The Kier molecular flexibility index (Phi) is 4.71. The molecule has 2 N–H and O–H groups in total. The quantitative estimate of drug-likeness (QED) is 0.879. The predicted molar refractivity (Wildman–Crippen MR) is 83.9 cm³/mol. The number of rotatable bonds is 4. The number of hydrogen-bond donors (Lipinski definition) is 2. The number of hydrogen-bond acceptors (Lipinski definition) is 3. The van der Waals surface area contributed by atoms with E-state index in [9.17, 15) is 0 Å². The van der Waals surface area contributed by atoms with Gasteiger partial charge in [0.15, 0.2) is 0 Å². The third-order valence-electron chi connectivity index (χ3n) is 4.56. The van der Waals surface area contributed by atoms with Gasteiger partial charge in [0.2, 0.25) is 0 Å². The number of nitrogens with one attached hydrogen (secondary N) is 2. The zero-order chi connectivity index (χ0) is 13.8. The van der Waals surface area contributed by atoms with Crippen molar-refractivity contribution in [1.82, 2.24) is 15.5 Å². The van der Waals surface area contributed by atoms with Crippen molar-refractivity contribution in [2.75, 3.05) is 32.7 Å². The molecule has 0 aliphatic carbocycles. The van der Waals surface area contributed by atoms with Crippen molar-refractivity contribution in [2.24, 2.45) is 0 Å². The minimum absolute atomic E-state index is 0.581. The Labute approximate surface area is 122 Å². The highest BCUT2D eigenvalue weighted by molar-refractivity contribution is 5.36. The summed E-state index contributed by atoms with van der Waals surface area (Å²) in [7, 11) is 0. The van der Waals surface area contributed by atoms with Gasteiger partial charge in [0.05, 0.1) is 0 Å². The van der Waals surface area contributed by atoms with Crippen molar-refractivity contribution in [2.45, 2.75) is 38.8 Å². The van der Waals surface area contributed by atoms with Crippen LogP contribution in [0, 0.1) is 0 Å². The molecule has 0 saturated carbocycles. The molecule has 1 aromatic rings. The lowest BCUT2D eigenvalue weighted by molar-refractivity contribution is 0.233. The molecule has 1 unspecified atom stereocenters. The van der Waals surface area contributed by atoms with E-state index in [1.165, 1.54) is 37.9 Å². The molecule has 0 radical (unpaired) electrons. The maximum Gasteiger partial charge on any atom is 0.0323 e. The summed E-state index contributed by atoms with van der Waals surface area (Å²) in [4.78, 5) is 2.56. The number of fused-ring (bicyclic) bond motifs is 1. The van der Waals surface area contributed by atoms with Gasteiger partial charge in [-0.2, -0.15) is 0 Å². The van der Waals surface area contributed by atoms with Gasteiger partial charge in [-0.25, -0.2) is 0 Å². The number of benzene rings is 1. The third kappa shape index (κ3) is 3.22. The standard InChI is InChI=1S/C17H27N3/c1-2-3-17-16-5-4-14(12-15(16)6-7-19-17)13-20-10-8-18-9-11-20/h4-5,12,17-19H,2-3,6-11,13H2,1H3. The van der Waals surface area contributed by atoms with E-state index in [1.807, 2.05) is 0 Å². The first-order valence-corrected chi connectivity index (χ1v) is 8.15. The Bertz CT molecular complexity index is 438. The highest BCUT2D eigenvalue weighted by Gasteiger charge is 2.19. The zero-order valence-electron chi connectivity index (χ0n) is 12.6. The summed E-state index contributed by atoms with van der Waals surface area (Å²) in [6, 6.07) is 7.76.